The quantitative estimate of drug-likeness (QED) is 0.761. The van der Waals surface area contributed by atoms with Gasteiger partial charge in [-0.05, 0) is 23.8 Å². The van der Waals surface area contributed by atoms with Crippen LogP contribution in [-0.4, -0.2) is 59.9 Å². The number of ether oxygens (including phenoxy) is 1. The third-order valence-corrected chi connectivity index (χ3v) is 4.78. The van der Waals surface area contributed by atoms with E-state index >= 15 is 0 Å². The minimum atomic E-state index is -0.801. The van der Waals surface area contributed by atoms with Crippen molar-refractivity contribution in [3.63, 3.8) is 0 Å². The number of hydrogen-bond donors (Lipinski definition) is 0. The number of piperazine rings is 1. The lowest BCUT2D eigenvalue weighted by atomic mass is 9.98. The molecule has 7 nitrogen and oxygen atoms in total. The third-order valence-electron chi connectivity index (χ3n) is 4.78. The molecule has 0 radical (unpaired) electrons. The first-order chi connectivity index (χ1) is 12.6. The molecule has 0 aliphatic carbocycles. The number of benzene rings is 1. The van der Waals surface area contributed by atoms with Gasteiger partial charge in [-0.3, -0.25) is 9.59 Å². The highest BCUT2D eigenvalue weighted by molar-refractivity contribution is 5.96. The Hall–Kier alpha value is -3.09. The smallest absolute Gasteiger partial charge is 0.339 e. The van der Waals surface area contributed by atoms with Gasteiger partial charge < -0.3 is 19.0 Å². The maximum absolute atomic E-state index is 12.7. The molecule has 0 unspecified atom stereocenters. The Bertz CT molecular complexity index is 837. The summed E-state index contributed by atoms with van der Waals surface area (Å²) in [5, 5.41) is 0. The number of furan rings is 1. The first-order valence-electron chi connectivity index (χ1n) is 8.54. The molecular formula is C19H18N2O5. The van der Waals surface area contributed by atoms with Crippen molar-refractivity contribution in [2.24, 2.45) is 0 Å². The highest BCUT2D eigenvalue weighted by atomic mass is 16.5. The predicted octanol–water partition coefficient (Wildman–Crippen LogP) is 1.35. The van der Waals surface area contributed by atoms with E-state index in [2.05, 4.69) is 0 Å². The second-order valence-corrected chi connectivity index (χ2v) is 6.35. The normalized spacial score (nSPS) is 19.7. The van der Waals surface area contributed by atoms with Gasteiger partial charge in [-0.1, -0.05) is 18.2 Å². The Balaban J connectivity index is 1.38. The number of amides is 2. The Morgan fingerprint density at radius 2 is 1.69 bits per heavy atom. The molecular weight excluding hydrogens is 336 g/mol. The highest BCUT2D eigenvalue weighted by Gasteiger charge is 2.35. The molecule has 3 heterocycles. The first-order valence-corrected chi connectivity index (χ1v) is 8.54. The molecule has 1 atom stereocenters. The summed E-state index contributed by atoms with van der Waals surface area (Å²) >= 11 is 0. The van der Waals surface area contributed by atoms with Crippen molar-refractivity contribution in [3.05, 3.63) is 59.5 Å². The zero-order chi connectivity index (χ0) is 18.1. The fourth-order valence-corrected chi connectivity index (χ4v) is 3.36. The van der Waals surface area contributed by atoms with Crippen molar-refractivity contribution < 1.29 is 23.5 Å². The van der Waals surface area contributed by atoms with Gasteiger partial charge >= 0.3 is 5.97 Å². The molecule has 2 aliphatic rings. The number of carbonyl (C=O) groups is 3. The first kappa shape index (κ1) is 16.4. The van der Waals surface area contributed by atoms with E-state index in [1.165, 1.54) is 6.26 Å². The molecule has 2 aromatic rings. The zero-order valence-corrected chi connectivity index (χ0v) is 14.1. The fraction of sp³-hybridized carbons (Fsp3) is 0.316. The van der Waals surface area contributed by atoms with Gasteiger partial charge in [0.1, 0.15) is 0 Å². The lowest BCUT2D eigenvalue weighted by Gasteiger charge is -2.36. The van der Waals surface area contributed by atoms with E-state index in [4.69, 9.17) is 9.15 Å². The average molecular weight is 354 g/mol. The van der Waals surface area contributed by atoms with Gasteiger partial charge in [0, 0.05) is 32.6 Å². The van der Waals surface area contributed by atoms with E-state index in [9.17, 15) is 14.4 Å². The average Bonchev–Trinajstić information content (AvgIpc) is 3.22. The van der Waals surface area contributed by atoms with Gasteiger partial charge in [-0.15, -0.1) is 0 Å². The largest absolute Gasteiger partial charge is 0.459 e. The van der Waals surface area contributed by atoms with Crippen molar-refractivity contribution >= 4 is 17.8 Å². The van der Waals surface area contributed by atoms with Crippen LogP contribution in [0.1, 0.15) is 26.5 Å². The summed E-state index contributed by atoms with van der Waals surface area (Å²) in [6.07, 6.45) is 1.04. The summed E-state index contributed by atoms with van der Waals surface area (Å²) in [5.41, 5.74) is 1.35. The molecule has 134 valence electrons. The van der Waals surface area contributed by atoms with E-state index in [0.29, 0.717) is 43.9 Å². The number of rotatable bonds is 2. The van der Waals surface area contributed by atoms with Crippen molar-refractivity contribution in [1.29, 1.82) is 0 Å². The van der Waals surface area contributed by atoms with Gasteiger partial charge in [-0.25, -0.2) is 4.79 Å². The Labute approximate surface area is 150 Å². The topological polar surface area (TPSA) is 80.1 Å². The number of hydrogen-bond acceptors (Lipinski definition) is 5. The Morgan fingerprint density at radius 1 is 0.962 bits per heavy atom. The van der Waals surface area contributed by atoms with E-state index in [1.54, 1.807) is 34.1 Å². The summed E-state index contributed by atoms with van der Waals surface area (Å²) in [7, 11) is 0. The Kier molecular flexibility index (Phi) is 4.20. The molecule has 1 fully saturated rings. The lowest BCUT2D eigenvalue weighted by Crippen LogP contribution is -2.54. The molecule has 0 saturated carbocycles. The fourth-order valence-electron chi connectivity index (χ4n) is 3.36. The molecule has 7 heteroatoms. The number of fused-ring (bicyclic) bond motifs is 1. The van der Waals surface area contributed by atoms with E-state index in [0.717, 1.165) is 5.56 Å². The van der Waals surface area contributed by atoms with Gasteiger partial charge in [0.2, 0.25) is 0 Å². The third kappa shape index (κ3) is 2.96. The van der Waals surface area contributed by atoms with E-state index in [-0.39, 0.29) is 11.8 Å². The van der Waals surface area contributed by atoms with E-state index in [1.807, 2.05) is 12.1 Å². The second kappa shape index (κ2) is 6.67. The SMILES string of the molecule is O=C1O[C@H](C(=O)N2CCN(C(=O)c3ccco3)CC2)Cc2ccccc21. The van der Waals surface area contributed by atoms with Crippen LogP contribution in [0.2, 0.25) is 0 Å². The minimum Gasteiger partial charge on any atom is -0.459 e. The second-order valence-electron chi connectivity index (χ2n) is 6.35. The highest BCUT2D eigenvalue weighted by Crippen LogP contribution is 2.22. The number of carbonyl (C=O) groups excluding carboxylic acids is 3. The summed E-state index contributed by atoms with van der Waals surface area (Å²) in [6, 6.07) is 10.5. The van der Waals surface area contributed by atoms with Crippen LogP contribution in [0.25, 0.3) is 0 Å². The maximum Gasteiger partial charge on any atom is 0.339 e. The van der Waals surface area contributed by atoms with Gasteiger partial charge in [0.25, 0.3) is 11.8 Å². The molecule has 4 rings (SSSR count). The maximum atomic E-state index is 12.7. The molecule has 0 N–H and O–H groups in total. The zero-order valence-electron chi connectivity index (χ0n) is 14.1. The van der Waals surface area contributed by atoms with E-state index < -0.39 is 12.1 Å². The van der Waals surface area contributed by atoms with Gasteiger partial charge in [0.05, 0.1) is 11.8 Å². The molecule has 26 heavy (non-hydrogen) atoms. The van der Waals surface area contributed by atoms with Crippen LogP contribution < -0.4 is 0 Å². The van der Waals surface area contributed by atoms with Crippen LogP contribution in [0.4, 0.5) is 0 Å². The summed E-state index contributed by atoms with van der Waals surface area (Å²) in [5.74, 6) is -0.558. The molecule has 1 aromatic carbocycles. The number of esters is 1. The van der Waals surface area contributed by atoms with Crippen molar-refractivity contribution in [1.82, 2.24) is 9.80 Å². The van der Waals surface area contributed by atoms with Crippen molar-refractivity contribution in [2.45, 2.75) is 12.5 Å². The monoisotopic (exact) mass is 354 g/mol. The van der Waals surface area contributed by atoms with Crippen LogP contribution in [-0.2, 0) is 16.0 Å². The summed E-state index contributed by atoms with van der Waals surface area (Å²) < 4.78 is 10.5. The van der Waals surface area contributed by atoms with Crippen LogP contribution in [0.3, 0.4) is 0 Å². The van der Waals surface area contributed by atoms with Crippen LogP contribution in [0.5, 0.6) is 0 Å². The lowest BCUT2D eigenvalue weighted by molar-refractivity contribution is -0.142. The molecule has 0 spiro atoms. The van der Waals surface area contributed by atoms with Crippen LogP contribution in [0, 0.1) is 0 Å². The predicted molar refractivity (Wildman–Crippen MR) is 90.5 cm³/mol. The van der Waals surface area contributed by atoms with Gasteiger partial charge in [-0.2, -0.15) is 0 Å². The van der Waals surface area contributed by atoms with Crippen molar-refractivity contribution in [2.75, 3.05) is 26.2 Å². The molecule has 1 aromatic heterocycles. The summed E-state index contributed by atoms with van der Waals surface area (Å²) in [4.78, 5) is 40.4. The molecule has 2 amide bonds. The van der Waals surface area contributed by atoms with Gasteiger partial charge in [0.15, 0.2) is 11.9 Å². The van der Waals surface area contributed by atoms with Crippen molar-refractivity contribution in [3.8, 4) is 0 Å². The number of cyclic esters (lactones) is 1. The molecule has 1 saturated heterocycles. The minimum absolute atomic E-state index is 0.180. The summed E-state index contributed by atoms with van der Waals surface area (Å²) in [6.45, 7) is 1.65. The Morgan fingerprint density at radius 3 is 2.42 bits per heavy atom. The number of nitrogens with zero attached hydrogens (tertiary/aromatic N) is 2. The van der Waals surface area contributed by atoms with Crippen LogP contribution in [0.15, 0.2) is 47.1 Å². The van der Waals surface area contributed by atoms with Crippen LogP contribution >= 0.6 is 0 Å². The molecule has 0 bridgehead atoms. The molecule has 2 aliphatic heterocycles. The standard InChI is InChI=1S/C19H18N2O5/c22-17(15-6-3-11-25-15)20-7-9-21(10-8-20)18(23)16-12-13-4-1-2-5-14(13)19(24)26-16/h1-6,11,16H,7-10,12H2/t16-/m0/s1.